The summed E-state index contributed by atoms with van der Waals surface area (Å²) >= 11 is 0. The fraction of sp³-hybridized carbons (Fsp3) is 0.857. The van der Waals surface area contributed by atoms with Crippen LogP contribution in [0, 0.1) is 0 Å². The van der Waals surface area contributed by atoms with Gasteiger partial charge in [0.05, 0.1) is 0 Å². The predicted octanol–water partition coefficient (Wildman–Crippen LogP) is 0.704. The number of hydrogen-bond donors (Lipinski definition) is 0. The van der Waals surface area contributed by atoms with E-state index in [-0.39, 0.29) is 23.5 Å². The Bertz CT molecular complexity index is 83.7. The molecule has 0 aliphatic rings. The molecular weight excluding hydrogens is 180 g/mol. The van der Waals surface area contributed by atoms with Gasteiger partial charge in [-0.25, -0.2) is 0 Å². The molecule has 10 heavy (non-hydrogen) atoms. The summed E-state index contributed by atoms with van der Waals surface area (Å²) in [5, 5.41) is 9.85. The average Bonchev–Trinajstić information content (AvgIpc) is 1.80. The fourth-order valence-corrected chi connectivity index (χ4v) is 0.696. The van der Waals surface area contributed by atoms with Gasteiger partial charge in [0.25, 0.3) is 0 Å². The Hall–Kier alpha value is -0.0105. The third-order valence-electron chi connectivity index (χ3n) is 1.23. The summed E-state index contributed by atoms with van der Waals surface area (Å²) in [6.45, 7) is 2.10. The number of aliphatic carboxylic acids is 1. The monoisotopic (exact) mass is 192 g/mol. The minimum absolute atomic E-state index is 0. The van der Waals surface area contributed by atoms with E-state index in [1.165, 1.54) is 0 Å². The number of rotatable bonds is 5. The first-order valence-corrected chi connectivity index (χ1v) is 3.47. The van der Waals surface area contributed by atoms with Crippen molar-refractivity contribution in [1.82, 2.24) is 0 Å². The molecule has 0 fully saturated rings. The van der Waals surface area contributed by atoms with Gasteiger partial charge in [-0.1, -0.05) is 26.2 Å². The molecule has 0 amide bonds. The molecule has 0 rings (SSSR count). The van der Waals surface area contributed by atoms with Gasteiger partial charge in [0.2, 0.25) is 0 Å². The van der Waals surface area contributed by atoms with Gasteiger partial charge in [-0.15, -0.1) is 0 Å². The van der Waals surface area contributed by atoms with Crippen LogP contribution in [0.4, 0.5) is 0 Å². The van der Waals surface area contributed by atoms with Crippen LogP contribution >= 0.6 is 0 Å². The van der Waals surface area contributed by atoms with Crippen LogP contribution in [0.1, 0.15) is 39.0 Å². The van der Waals surface area contributed by atoms with Crippen molar-refractivity contribution in [2.24, 2.45) is 0 Å². The maximum Gasteiger partial charge on any atom is 2.00 e. The topological polar surface area (TPSA) is 40.1 Å². The largest absolute Gasteiger partial charge is 2.00 e. The molecular formula is C7H13CuO2+. The first kappa shape index (κ1) is 12.6. The third kappa shape index (κ3) is 10.9. The van der Waals surface area contributed by atoms with Gasteiger partial charge < -0.3 is 9.90 Å². The molecule has 0 N–H and O–H groups in total. The summed E-state index contributed by atoms with van der Waals surface area (Å²) in [6.07, 6.45) is 4.29. The van der Waals surface area contributed by atoms with Crippen LogP contribution in [-0.2, 0) is 21.9 Å². The van der Waals surface area contributed by atoms with E-state index in [1.54, 1.807) is 0 Å². The molecule has 0 unspecified atom stereocenters. The molecule has 0 spiro atoms. The molecule has 0 atom stereocenters. The van der Waals surface area contributed by atoms with Gasteiger partial charge in [0.1, 0.15) is 0 Å². The number of hydrogen-bond acceptors (Lipinski definition) is 2. The van der Waals surface area contributed by atoms with Crippen LogP contribution in [0.5, 0.6) is 0 Å². The maximum absolute atomic E-state index is 9.85. The maximum atomic E-state index is 9.85. The number of carbonyl (C=O) groups excluding carboxylic acids is 1. The Morgan fingerprint density at radius 2 is 1.90 bits per heavy atom. The number of carbonyl (C=O) groups is 1. The van der Waals surface area contributed by atoms with Gasteiger partial charge >= 0.3 is 17.1 Å². The molecule has 0 bridgehead atoms. The van der Waals surface area contributed by atoms with Crippen molar-refractivity contribution in [2.45, 2.75) is 39.0 Å². The number of unbranched alkanes of at least 4 members (excludes halogenated alkanes) is 3. The molecule has 0 heterocycles. The quantitative estimate of drug-likeness (QED) is 0.476. The molecule has 0 saturated heterocycles. The molecule has 0 aliphatic heterocycles. The minimum atomic E-state index is -0.925. The van der Waals surface area contributed by atoms with Crippen LogP contribution in [0.15, 0.2) is 0 Å². The second-order valence-electron chi connectivity index (χ2n) is 2.18. The number of carboxylic acid groups (broad SMARTS) is 1. The fourth-order valence-electron chi connectivity index (χ4n) is 0.696. The zero-order valence-corrected chi connectivity index (χ0v) is 7.10. The van der Waals surface area contributed by atoms with Gasteiger partial charge in [0.15, 0.2) is 0 Å². The second-order valence-corrected chi connectivity index (χ2v) is 2.18. The van der Waals surface area contributed by atoms with Crippen molar-refractivity contribution >= 4 is 5.97 Å². The normalized spacial score (nSPS) is 8.50. The molecule has 0 saturated carbocycles. The molecule has 2 nitrogen and oxygen atoms in total. The molecule has 0 aromatic rings. The first-order chi connectivity index (χ1) is 4.27. The first-order valence-electron chi connectivity index (χ1n) is 3.47. The summed E-state index contributed by atoms with van der Waals surface area (Å²) in [5.41, 5.74) is 0. The van der Waals surface area contributed by atoms with E-state index in [4.69, 9.17) is 0 Å². The van der Waals surface area contributed by atoms with Gasteiger partial charge in [-0.05, 0) is 12.8 Å². The van der Waals surface area contributed by atoms with Crippen molar-refractivity contribution < 1.29 is 27.0 Å². The molecule has 0 aromatic carbocycles. The van der Waals surface area contributed by atoms with E-state index in [0.717, 1.165) is 25.7 Å². The Morgan fingerprint density at radius 1 is 1.30 bits per heavy atom. The second kappa shape index (κ2) is 8.99. The summed E-state index contributed by atoms with van der Waals surface area (Å²) < 4.78 is 0. The Balaban J connectivity index is 0. The van der Waals surface area contributed by atoms with E-state index in [2.05, 4.69) is 6.92 Å². The van der Waals surface area contributed by atoms with Gasteiger partial charge in [0, 0.05) is 5.97 Å². The molecule has 63 valence electrons. The molecule has 1 radical (unpaired) electrons. The summed E-state index contributed by atoms with van der Waals surface area (Å²) in [6, 6.07) is 0. The van der Waals surface area contributed by atoms with Crippen molar-refractivity contribution in [3.8, 4) is 0 Å². The summed E-state index contributed by atoms with van der Waals surface area (Å²) in [5.74, 6) is -0.925. The van der Waals surface area contributed by atoms with E-state index in [9.17, 15) is 9.90 Å². The van der Waals surface area contributed by atoms with Crippen LogP contribution in [0.3, 0.4) is 0 Å². The van der Waals surface area contributed by atoms with E-state index in [0.29, 0.717) is 0 Å². The minimum Gasteiger partial charge on any atom is -0.550 e. The van der Waals surface area contributed by atoms with Crippen LogP contribution in [-0.4, -0.2) is 5.97 Å². The zero-order valence-electron chi connectivity index (χ0n) is 6.15. The smallest absolute Gasteiger partial charge is 0.550 e. The van der Waals surface area contributed by atoms with Crippen molar-refractivity contribution in [2.75, 3.05) is 0 Å². The Morgan fingerprint density at radius 3 is 2.30 bits per heavy atom. The van der Waals surface area contributed by atoms with Crippen molar-refractivity contribution in [3.63, 3.8) is 0 Å². The summed E-state index contributed by atoms with van der Waals surface area (Å²) in [4.78, 5) is 9.85. The van der Waals surface area contributed by atoms with Gasteiger partial charge in [-0.2, -0.15) is 0 Å². The van der Waals surface area contributed by atoms with Gasteiger partial charge in [-0.3, -0.25) is 0 Å². The molecule has 0 aromatic heterocycles. The third-order valence-corrected chi connectivity index (χ3v) is 1.23. The van der Waals surface area contributed by atoms with E-state index >= 15 is 0 Å². The Labute approximate surface area is 72.5 Å². The zero-order chi connectivity index (χ0) is 7.11. The van der Waals surface area contributed by atoms with Crippen LogP contribution in [0.25, 0.3) is 0 Å². The van der Waals surface area contributed by atoms with E-state index < -0.39 is 5.97 Å². The summed E-state index contributed by atoms with van der Waals surface area (Å²) in [7, 11) is 0. The SMILES string of the molecule is CCCCCCC(=O)[O-].[Cu+2]. The standard InChI is InChI=1S/C7H14O2.Cu/c1-2-3-4-5-6-7(8)9;/h2-6H2,1H3,(H,8,9);/q;+2/p-1. The Kier molecular flexibility index (Phi) is 11.4. The number of carboxylic acids is 1. The van der Waals surface area contributed by atoms with Crippen LogP contribution < -0.4 is 5.11 Å². The van der Waals surface area contributed by atoms with Crippen molar-refractivity contribution in [3.05, 3.63) is 0 Å². The molecule has 0 aliphatic carbocycles. The van der Waals surface area contributed by atoms with E-state index in [1.807, 2.05) is 0 Å². The predicted molar refractivity (Wildman–Crippen MR) is 33.8 cm³/mol. The van der Waals surface area contributed by atoms with Crippen molar-refractivity contribution in [1.29, 1.82) is 0 Å². The average molecular weight is 193 g/mol. The van der Waals surface area contributed by atoms with Crippen LogP contribution in [0.2, 0.25) is 0 Å². The molecule has 3 heteroatoms.